The van der Waals surface area contributed by atoms with Crippen molar-refractivity contribution < 1.29 is 14.0 Å². The van der Waals surface area contributed by atoms with Crippen LogP contribution < -0.4 is 10.6 Å². The molecule has 1 aromatic heterocycles. The molecule has 3 rings (SSSR count). The Labute approximate surface area is 164 Å². The zero-order chi connectivity index (χ0) is 19.9. The van der Waals surface area contributed by atoms with Crippen LogP contribution in [0.15, 0.2) is 77.4 Å². The fourth-order valence-electron chi connectivity index (χ4n) is 2.90. The summed E-state index contributed by atoms with van der Waals surface area (Å²) in [6.45, 7) is 4.20. The van der Waals surface area contributed by atoms with Crippen molar-refractivity contribution >= 4 is 17.5 Å². The maximum atomic E-state index is 12.9. The first-order valence-electron chi connectivity index (χ1n) is 9.32. The predicted molar refractivity (Wildman–Crippen MR) is 109 cm³/mol. The lowest BCUT2D eigenvalue weighted by molar-refractivity contribution is -0.118. The third kappa shape index (κ3) is 5.10. The lowest BCUT2D eigenvalue weighted by Crippen LogP contribution is -2.45. The number of benzene rings is 2. The normalized spacial score (nSPS) is 11.8. The van der Waals surface area contributed by atoms with E-state index in [2.05, 4.69) is 24.5 Å². The highest BCUT2D eigenvalue weighted by atomic mass is 16.3. The summed E-state index contributed by atoms with van der Waals surface area (Å²) in [7, 11) is 0. The molecule has 0 bridgehead atoms. The van der Waals surface area contributed by atoms with Crippen molar-refractivity contribution in [2.45, 2.75) is 32.2 Å². The fourth-order valence-corrected chi connectivity index (χ4v) is 2.90. The summed E-state index contributed by atoms with van der Waals surface area (Å²) in [6.07, 6.45) is 1.81. The molecule has 0 aliphatic carbocycles. The van der Waals surface area contributed by atoms with Gasteiger partial charge >= 0.3 is 0 Å². The summed E-state index contributed by atoms with van der Waals surface area (Å²) in [6, 6.07) is 19.8. The first-order chi connectivity index (χ1) is 13.5. The second-order valence-corrected chi connectivity index (χ2v) is 6.96. The van der Waals surface area contributed by atoms with Crippen LogP contribution in [0.25, 0.3) is 0 Å². The van der Waals surface area contributed by atoms with Gasteiger partial charge < -0.3 is 15.1 Å². The van der Waals surface area contributed by atoms with Gasteiger partial charge in [-0.2, -0.15) is 0 Å². The van der Waals surface area contributed by atoms with Crippen LogP contribution in [0.4, 0.5) is 5.69 Å². The number of carbonyl (C=O) groups excluding carboxylic acids is 2. The van der Waals surface area contributed by atoms with Crippen LogP contribution in [-0.4, -0.2) is 17.9 Å². The van der Waals surface area contributed by atoms with Gasteiger partial charge in [0.1, 0.15) is 6.04 Å². The Hall–Kier alpha value is -3.34. The Bertz CT molecular complexity index is 918. The van der Waals surface area contributed by atoms with Crippen molar-refractivity contribution in [2.24, 2.45) is 0 Å². The zero-order valence-corrected chi connectivity index (χ0v) is 16.0. The van der Waals surface area contributed by atoms with Gasteiger partial charge in [-0.25, -0.2) is 0 Å². The van der Waals surface area contributed by atoms with E-state index in [0.717, 1.165) is 11.1 Å². The van der Waals surface area contributed by atoms with Crippen LogP contribution in [0.3, 0.4) is 0 Å². The maximum Gasteiger partial charge on any atom is 0.287 e. The molecule has 2 N–H and O–H groups in total. The Morgan fingerprint density at radius 1 is 0.964 bits per heavy atom. The smallest absolute Gasteiger partial charge is 0.287 e. The predicted octanol–water partition coefficient (Wildman–Crippen LogP) is 4.38. The maximum absolute atomic E-state index is 12.9. The van der Waals surface area contributed by atoms with Crippen molar-refractivity contribution in [1.29, 1.82) is 0 Å². The quantitative estimate of drug-likeness (QED) is 0.643. The third-order valence-electron chi connectivity index (χ3n) is 4.47. The number of furan rings is 1. The van der Waals surface area contributed by atoms with Crippen molar-refractivity contribution in [2.75, 3.05) is 5.32 Å². The minimum absolute atomic E-state index is 0.174. The monoisotopic (exact) mass is 376 g/mol. The lowest BCUT2D eigenvalue weighted by atomic mass is 10.0. The van der Waals surface area contributed by atoms with Crippen LogP contribution >= 0.6 is 0 Å². The molecule has 28 heavy (non-hydrogen) atoms. The highest BCUT2D eigenvalue weighted by Crippen LogP contribution is 2.19. The number of nitrogens with one attached hydrogen (secondary N) is 2. The Morgan fingerprint density at radius 2 is 1.75 bits per heavy atom. The Morgan fingerprint density at radius 3 is 2.43 bits per heavy atom. The molecular formula is C23H24N2O3. The van der Waals surface area contributed by atoms with Crippen molar-refractivity contribution in [3.63, 3.8) is 0 Å². The molecule has 0 radical (unpaired) electrons. The van der Waals surface area contributed by atoms with Crippen molar-refractivity contribution in [3.05, 3.63) is 89.9 Å². The van der Waals surface area contributed by atoms with Gasteiger partial charge in [-0.1, -0.05) is 56.3 Å². The van der Waals surface area contributed by atoms with E-state index < -0.39 is 11.9 Å². The molecule has 0 saturated carbocycles. The molecule has 3 aromatic rings. The molecule has 2 aromatic carbocycles. The second-order valence-electron chi connectivity index (χ2n) is 6.96. The summed E-state index contributed by atoms with van der Waals surface area (Å²) in [5.74, 6) is -0.162. The fraction of sp³-hybridized carbons (Fsp3) is 0.217. The summed E-state index contributed by atoms with van der Waals surface area (Å²) in [5, 5.41) is 5.70. The van der Waals surface area contributed by atoms with Crippen LogP contribution in [-0.2, 0) is 11.2 Å². The van der Waals surface area contributed by atoms with Crippen LogP contribution in [0.5, 0.6) is 0 Å². The van der Waals surface area contributed by atoms with Crippen LogP contribution in [0, 0.1) is 0 Å². The standard InChI is InChI=1S/C23H24N2O3/c1-16(2)18-10-6-11-19(15-18)24-22(26)20(14-17-8-4-3-5-9-17)25-23(27)21-12-7-13-28-21/h3-13,15-16,20H,14H2,1-2H3,(H,24,26)(H,25,27)/t20-/m0/s1. The van der Waals surface area contributed by atoms with Gasteiger partial charge in [0.25, 0.3) is 5.91 Å². The van der Waals surface area contributed by atoms with E-state index in [-0.39, 0.29) is 11.7 Å². The summed E-state index contributed by atoms with van der Waals surface area (Å²) in [5.41, 5.74) is 2.80. The van der Waals surface area contributed by atoms with E-state index in [0.29, 0.717) is 18.0 Å². The van der Waals surface area contributed by atoms with E-state index in [9.17, 15) is 9.59 Å². The molecular weight excluding hydrogens is 352 g/mol. The number of anilines is 1. The van der Waals surface area contributed by atoms with E-state index in [1.165, 1.54) is 6.26 Å². The van der Waals surface area contributed by atoms with E-state index in [1.54, 1.807) is 12.1 Å². The van der Waals surface area contributed by atoms with Gasteiger partial charge in [-0.15, -0.1) is 0 Å². The van der Waals surface area contributed by atoms with E-state index in [1.807, 2.05) is 54.6 Å². The molecule has 0 unspecified atom stereocenters. The largest absolute Gasteiger partial charge is 0.459 e. The molecule has 5 nitrogen and oxygen atoms in total. The number of hydrogen-bond acceptors (Lipinski definition) is 3. The van der Waals surface area contributed by atoms with Crippen LogP contribution in [0.1, 0.15) is 41.4 Å². The minimum Gasteiger partial charge on any atom is -0.459 e. The minimum atomic E-state index is -0.734. The van der Waals surface area contributed by atoms with Gasteiger partial charge in [-0.3, -0.25) is 9.59 Å². The van der Waals surface area contributed by atoms with E-state index >= 15 is 0 Å². The molecule has 5 heteroatoms. The molecule has 2 amide bonds. The van der Waals surface area contributed by atoms with Gasteiger partial charge in [0.05, 0.1) is 6.26 Å². The topological polar surface area (TPSA) is 71.3 Å². The third-order valence-corrected chi connectivity index (χ3v) is 4.47. The van der Waals surface area contributed by atoms with E-state index in [4.69, 9.17) is 4.42 Å². The average Bonchev–Trinajstić information content (AvgIpc) is 3.23. The molecule has 1 atom stereocenters. The molecule has 0 aliphatic rings. The Balaban J connectivity index is 1.77. The molecule has 0 aliphatic heterocycles. The van der Waals surface area contributed by atoms with Crippen LogP contribution in [0.2, 0.25) is 0 Å². The first kappa shape index (κ1) is 19.4. The number of carbonyl (C=O) groups is 2. The number of rotatable bonds is 7. The lowest BCUT2D eigenvalue weighted by Gasteiger charge is -2.19. The average molecular weight is 376 g/mol. The first-order valence-corrected chi connectivity index (χ1v) is 9.32. The molecule has 144 valence electrons. The van der Waals surface area contributed by atoms with Crippen molar-refractivity contribution in [3.8, 4) is 0 Å². The molecule has 0 fully saturated rings. The molecule has 1 heterocycles. The van der Waals surface area contributed by atoms with Gasteiger partial charge in [0, 0.05) is 12.1 Å². The summed E-state index contributed by atoms with van der Waals surface area (Å²) in [4.78, 5) is 25.4. The highest BCUT2D eigenvalue weighted by molar-refractivity contribution is 6.00. The van der Waals surface area contributed by atoms with Gasteiger partial charge in [0.2, 0.25) is 5.91 Å². The summed E-state index contributed by atoms with van der Waals surface area (Å²) >= 11 is 0. The van der Waals surface area contributed by atoms with Gasteiger partial charge in [-0.05, 0) is 41.3 Å². The SMILES string of the molecule is CC(C)c1cccc(NC(=O)[C@H](Cc2ccccc2)NC(=O)c2ccco2)c1. The molecule has 0 saturated heterocycles. The van der Waals surface area contributed by atoms with Gasteiger partial charge in [0.15, 0.2) is 5.76 Å². The van der Waals surface area contributed by atoms with Crippen molar-refractivity contribution in [1.82, 2.24) is 5.32 Å². The Kier molecular flexibility index (Phi) is 6.27. The number of amides is 2. The highest BCUT2D eigenvalue weighted by Gasteiger charge is 2.23. The molecule has 0 spiro atoms. The zero-order valence-electron chi connectivity index (χ0n) is 16.0. The second kappa shape index (κ2) is 9.04. The summed E-state index contributed by atoms with van der Waals surface area (Å²) < 4.78 is 5.14. The number of hydrogen-bond donors (Lipinski definition) is 2.